The molecule has 8 heteroatoms. The molecule has 0 saturated heterocycles. The third-order valence-corrected chi connectivity index (χ3v) is 4.11. The van der Waals surface area contributed by atoms with Gasteiger partial charge in [0.1, 0.15) is 17.2 Å². The van der Waals surface area contributed by atoms with Crippen LogP contribution < -0.4 is 25.0 Å². The maximum absolute atomic E-state index is 12.0. The molecular formula is C22H25N3O5. The highest BCUT2D eigenvalue weighted by molar-refractivity contribution is 6.02. The number of hydrogen-bond acceptors (Lipinski definition) is 6. The van der Waals surface area contributed by atoms with Crippen molar-refractivity contribution in [2.24, 2.45) is 5.10 Å². The summed E-state index contributed by atoms with van der Waals surface area (Å²) in [5, 5.41) is 6.56. The fourth-order valence-electron chi connectivity index (χ4n) is 2.46. The molecular weight excluding hydrogens is 386 g/mol. The number of methoxy groups -OCH3 is 3. The molecule has 0 aliphatic heterocycles. The van der Waals surface area contributed by atoms with Crippen molar-refractivity contribution < 1.29 is 23.8 Å². The molecule has 0 aliphatic carbocycles. The minimum atomic E-state index is -0.451. The molecule has 0 saturated carbocycles. The molecule has 2 amide bonds. The van der Waals surface area contributed by atoms with E-state index >= 15 is 0 Å². The Morgan fingerprint density at radius 2 is 1.63 bits per heavy atom. The molecule has 0 unspecified atom stereocenters. The Morgan fingerprint density at radius 1 is 0.967 bits per heavy atom. The van der Waals surface area contributed by atoms with Gasteiger partial charge in [-0.05, 0) is 42.8 Å². The van der Waals surface area contributed by atoms with Crippen LogP contribution in [0.15, 0.2) is 53.6 Å². The first kappa shape index (κ1) is 22.5. The number of carbonyl (C=O) groups excluding carboxylic acids is 2. The number of amides is 2. The second kappa shape index (κ2) is 11.3. The largest absolute Gasteiger partial charge is 0.497 e. The molecule has 0 spiro atoms. The minimum absolute atomic E-state index is 0.206. The summed E-state index contributed by atoms with van der Waals surface area (Å²) >= 11 is 0. The summed E-state index contributed by atoms with van der Waals surface area (Å²) in [4.78, 5) is 23.8. The molecule has 2 aromatic rings. The molecule has 0 fully saturated rings. The van der Waals surface area contributed by atoms with Gasteiger partial charge < -0.3 is 19.5 Å². The molecule has 0 aliphatic rings. The van der Waals surface area contributed by atoms with Crippen LogP contribution in [0.5, 0.6) is 17.2 Å². The van der Waals surface area contributed by atoms with E-state index in [9.17, 15) is 9.59 Å². The van der Waals surface area contributed by atoms with Crippen LogP contribution in [0.4, 0.5) is 0 Å². The topological polar surface area (TPSA) is 98.2 Å². The zero-order valence-corrected chi connectivity index (χ0v) is 17.4. The van der Waals surface area contributed by atoms with Gasteiger partial charge in [0.15, 0.2) is 0 Å². The van der Waals surface area contributed by atoms with Crippen LogP contribution in [0, 0.1) is 0 Å². The monoisotopic (exact) mass is 411 g/mol. The molecule has 2 rings (SSSR count). The van der Waals surface area contributed by atoms with E-state index in [2.05, 4.69) is 15.8 Å². The zero-order valence-electron chi connectivity index (χ0n) is 17.4. The minimum Gasteiger partial charge on any atom is -0.497 e. The first-order valence-electron chi connectivity index (χ1n) is 9.12. The van der Waals surface area contributed by atoms with Gasteiger partial charge in [-0.25, -0.2) is 5.43 Å². The number of hydrazone groups is 1. The van der Waals surface area contributed by atoms with Crippen molar-refractivity contribution in [2.75, 3.05) is 27.9 Å². The Balaban J connectivity index is 1.86. The van der Waals surface area contributed by atoms with Crippen LogP contribution in [-0.4, -0.2) is 45.4 Å². The maximum Gasteiger partial charge on any atom is 0.259 e. The van der Waals surface area contributed by atoms with Crippen LogP contribution in [0.1, 0.15) is 18.1 Å². The Bertz CT molecular complexity index is 936. The summed E-state index contributed by atoms with van der Waals surface area (Å²) in [6.07, 6.45) is 3.00. The number of benzene rings is 2. The lowest BCUT2D eigenvalue weighted by Gasteiger charge is -2.10. The number of nitrogens with one attached hydrogen (secondary N) is 2. The highest BCUT2D eigenvalue weighted by atomic mass is 16.5. The molecule has 0 aromatic heterocycles. The van der Waals surface area contributed by atoms with Crippen LogP contribution in [-0.2, 0) is 9.59 Å². The van der Waals surface area contributed by atoms with Crippen molar-refractivity contribution in [3.63, 3.8) is 0 Å². The van der Waals surface area contributed by atoms with Gasteiger partial charge in [-0.2, -0.15) is 5.10 Å². The number of nitrogens with zero attached hydrogens (tertiary/aromatic N) is 1. The van der Waals surface area contributed by atoms with Gasteiger partial charge in [-0.3, -0.25) is 9.59 Å². The second-order valence-corrected chi connectivity index (χ2v) is 6.12. The SMILES string of the molecule is COc1ccc(C=CC(=O)NCC(=O)NN=C(C)c2ccc(OC)cc2OC)cc1. The van der Waals surface area contributed by atoms with E-state index in [0.29, 0.717) is 22.8 Å². The predicted molar refractivity (Wildman–Crippen MR) is 115 cm³/mol. The Labute approximate surface area is 175 Å². The van der Waals surface area contributed by atoms with Crippen LogP contribution >= 0.6 is 0 Å². The standard InChI is InChI=1S/C22H25N3O5/c1-15(19-11-10-18(29-3)13-20(19)30-4)24-25-22(27)14-23-21(26)12-7-16-5-8-17(28-2)9-6-16/h5-13H,14H2,1-4H3,(H,23,26)(H,25,27). The lowest BCUT2D eigenvalue weighted by atomic mass is 10.1. The molecule has 0 heterocycles. The average Bonchev–Trinajstić information content (AvgIpc) is 2.79. The predicted octanol–water partition coefficient (Wildman–Crippen LogP) is 2.38. The number of ether oxygens (including phenoxy) is 3. The fourth-order valence-corrected chi connectivity index (χ4v) is 2.46. The van der Waals surface area contributed by atoms with Crippen LogP contribution in [0.25, 0.3) is 6.08 Å². The van der Waals surface area contributed by atoms with Crippen LogP contribution in [0.2, 0.25) is 0 Å². The van der Waals surface area contributed by atoms with Crippen molar-refractivity contribution in [1.29, 1.82) is 0 Å². The highest BCUT2D eigenvalue weighted by Gasteiger charge is 2.09. The third kappa shape index (κ3) is 6.66. The van der Waals surface area contributed by atoms with E-state index in [1.54, 1.807) is 64.7 Å². The maximum atomic E-state index is 12.0. The molecule has 0 atom stereocenters. The lowest BCUT2D eigenvalue weighted by molar-refractivity contribution is -0.123. The summed E-state index contributed by atoms with van der Waals surface area (Å²) in [7, 11) is 4.69. The van der Waals surface area contributed by atoms with Crippen molar-refractivity contribution in [3.8, 4) is 17.2 Å². The number of carbonyl (C=O) groups is 2. The zero-order chi connectivity index (χ0) is 21.9. The molecule has 2 aromatic carbocycles. The van der Waals surface area contributed by atoms with Gasteiger partial charge in [0, 0.05) is 17.7 Å². The third-order valence-electron chi connectivity index (χ3n) is 4.11. The van der Waals surface area contributed by atoms with Crippen molar-refractivity contribution in [1.82, 2.24) is 10.7 Å². The average molecular weight is 411 g/mol. The van der Waals surface area contributed by atoms with Gasteiger partial charge in [-0.15, -0.1) is 0 Å². The van der Waals surface area contributed by atoms with Crippen molar-refractivity contribution in [3.05, 3.63) is 59.7 Å². The summed E-state index contributed by atoms with van der Waals surface area (Å²) < 4.78 is 15.6. The highest BCUT2D eigenvalue weighted by Crippen LogP contribution is 2.25. The first-order valence-corrected chi connectivity index (χ1v) is 9.12. The van der Waals surface area contributed by atoms with E-state index in [1.165, 1.54) is 6.08 Å². The van der Waals surface area contributed by atoms with E-state index in [4.69, 9.17) is 14.2 Å². The molecule has 158 valence electrons. The van der Waals surface area contributed by atoms with Gasteiger partial charge in [-0.1, -0.05) is 12.1 Å². The van der Waals surface area contributed by atoms with Crippen molar-refractivity contribution in [2.45, 2.75) is 6.92 Å². The Kier molecular flexibility index (Phi) is 8.43. The van der Waals surface area contributed by atoms with Crippen molar-refractivity contribution >= 4 is 23.6 Å². The van der Waals surface area contributed by atoms with Crippen LogP contribution in [0.3, 0.4) is 0 Å². The number of hydrogen-bond donors (Lipinski definition) is 2. The van der Waals surface area contributed by atoms with Gasteiger partial charge in [0.2, 0.25) is 5.91 Å². The lowest BCUT2D eigenvalue weighted by Crippen LogP contribution is -2.34. The molecule has 8 nitrogen and oxygen atoms in total. The van der Waals surface area contributed by atoms with Gasteiger partial charge >= 0.3 is 0 Å². The first-order chi connectivity index (χ1) is 14.5. The quantitative estimate of drug-likeness (QED) is 0.375. The van der Waals surface area contributed by atoms with Gasteiger partial charge in [0.25, 0.3) is 5.91 Å². The summed E-state index contributed by atoms with van der Waals surface area (Å²) in [6, 6.07) is 12.5. The van der Waals surface area contributed by atoms with E-state index in [0.717, 1.165) is 11.3 Å². The fraction of sp³-hybridized carbons (Fsp3) is 0.227. The summed E-state index contributed by atoms with van der Waals surface area (Å²) in [6.45, 7) is 1.53. The number of rotatable bonds is 9. The Hall–Kier alpha value is -3.81. The van der Waals surface area contributed by atoms with E-state index in [1.807, 2.05) is 12.1 Å². The van der Waals surface area contributed by atoms with E-state index < -0.39 is 11.8 Å². The summed E-state index contributed by atoms with van der Waals surface area (Å²) in [5.74, 6) is 1.11. The smallest absolute Gasteiger partial charge is 0.259 e. The molecule has 0 bridgehead atoms. The van der Waals surface area contributed by atoms with E-state index in [-0.39, 0.29) is 6.54 Å². The molecule has 0 radical (unpaired) electrons. The normalized spacial score (nSPS) is 11.1. The summed E-state index contributed by atoms with van der Waals surface area (Å²) in [5.41, 5.74) is 4.51. The Morgan fingerprint density at radius 3 is 2.27 bits per heavy atom. The van der Waals surface area contributed by atoms with Gasteiger partial charge in [0.05, 0.1) is 33.6 Å². The second-order valence-electron chi connectivity index (χ2n) is 6.12. The molecule has 2 N–H and O–H groups in total. The molecule has 30 heavy (non-hydrogen) atoms.